The van der Waals surface area contributed by atoms with Gasteiger partial charge in [-0.05, 0) is 19.1 Å². The first-order valence-corrected chi connectivity index (χ1v) is 6.73. The van der Waals surface area contributed by atoms with E-state index in [1.165, 1.54) is 7.11 Å². The number of aromatic nitrogens is 2. The van der Waals surface area contributed by atoms with Crippen LogP contribution in [0.25, 0.3) is 5.69 Å². The Bertz CT molecular complexity index is 664. The molecule has 1 aromatic carbocycles. The Morgan fingerprint density at radius 2 is 1.81 bits per heavy atom. The zero-order valence-corrected chi connectivity index (χ0v) is 13.0. The van der Waals surface area contributed by atoms with Crippen LogP contribution < -0.4 is 4.74 Å². The number of carboxylic acids is 1. The molecular weight excluding hydrogens is 268 g/mol. The minimum atomic E-state index is -1.03. The Balaban J connectivity index is 2.72. The molecule has 2 rings (SSSR count). The van der Waals surface area contributed by atoms with E-state index in [0.717, 1.165) is 11.3 Å². The summed E-state index contributed by atoms with van der Waals surface area (Å²) in [7, 11) is 1.46. The summed E-state index contributed by atoms with van der Waals surface area (Å²) in [6.45, 7) is 7.79. The fourth-order valence-corrected chi connectivity index (χ4v) is 2.17. The quantitative estimate of drug-likeness (QED) is 0.942. The van der Waals surface area contributed by atoms with Gasteiger partial charge >= 0.3 is 5.97 Å². The topological polar surface area (TPSA) is 64.3 Å². The Morgan fingerprint density at radius 1 is 1.24 bits per heavy atom. The van der Waals surface area contributed by atoms with Gasteiger partial charge in [0.05, 0.1) is 18.5 Å². The average molecular weight is 288 g/mol. The van der Waals surface area contributed by atoms with Crippen LogP contribution >= 0.6 is 0 Å². The molecule has 0 radical (unpaired) electrons. The van der Waals surface area contributed by atoms with Gasteiger partial charge in [-0.2, -0.15) is 5.10 Å². The highest BCUT2D eigenvalue weighted by Crippen LogP contribution is 2.33. The summed E-state index contributed by atoms with van der Waals surface area (Å²) in [5.41, 5.74) is 2.13. The second kappa shape index (κ2) is 5.24. The molecule has 1 aromatic heterocycles. The molecule has 0 saturated carbocycles. The number of aromatic carboxylic acids is 1. The van der Waals surface area contributed by atoms with Crippen LogP contribution in [0.15, 0.2) is 24.3 Å². The molecule has 0 spiro atoms. The van der Waals surface area contributed by atoms with Gasteiger partial charge in [-0.25, -0.2) is 9.48 Å². The maximum absolute atomic E-state index is 11.6. The van der Waals surface area contributed by atoms with Gasteiger partial charge in [0.1, 0.15) is 5.56 Å². The number of carboxylic acid groups (broad SMARTS) is 1. The molecule has 0 aliphatic rings. The Hall–Kier alpha value is -2.30. The van der Waals surface area contributed by atoms with Crippen molar-refractivity contribution in [1.82, 2.24) is 9.78 Å². The van der Waals surface area contributed by atoms with Crippen LogP contribution in [0.1, 0.15) is 42.4 Å². The van der Waals surface area contributed by atoms with Crippen LogP contribution in [-0.2, 0) is 5.41 Å². The molecule has 1 N–H and O–H groups in total. The maximum Gasteiger partial charge on any atom is 0.343 e. The summed E-state index contributed by atoms with van der Waals surface area (Å²) in [6.07, 6.45) is 0. The van der Waals surface area contributed by atoms with Crippen molar-refractivity contribution >= 4 is 5.97 Å². The van der Waals surface area contributed by atoms with E-state index < -0.39 is 11.4 Å². The lowest BCUT2D eigenvalue weighted by molar-refractivity contribution is 0.0690. The van der Waals surface area contributed by atoms with Crippen LogP contribution in [0.5, 0.6) is 5.88 Å². The van der Waals surface area contributed by atoms with E-state index in [9.17, 15) is 9.90 Å². The van der Waals surface area contributed by atoms with Gasteiger partial charge < -0.3 is 9.84 Å². The van der Waals surface area contributed by atoms with E-state index >= 15 is 0 Å². The fourth-order valence-electron chi connectivity index (χ4n) is 2.17. The lowest BCUT2D eigenvalue weighted by Crippen LogP contribution is -2.16. The number of methoxy groups -OCH3 is 1. The highest BCUT2D eigenvalue weighted by molar-refractivity contribution is 5.92. The van der Waals surface area contributed by atoms with Crippen LogP contribution in [-0.4, -0.2) is 28.0 Å². The summed E-state index contributed by atoms with van der Waals surface area (Å²) >= 11 is 0. The van der Waals surface area contributed by atoms with Crippen molar-refractivity contribution in [2.24, 2.45) is 0 Å². The van der Waals surface area contributed by atoms with E-state index in [1.54, 1.807) is 4.68 Å². The number of aryl methyl sites for hydroxylation is 1. The van der Waals surface area contributed by atoms with Gasteiger partial charge in [0.25, 0.3) is 0 Å². The van der Waals surface area contributed by atoms with Crippen LogP contribution in [0, 0.1) is 6.92 Å². The van der Waals surface area contributed by atoms with E-state index in [4.69, 9.17) is 4.74 Å². The third-order valence-electron chi connectivity index (χ3n) is 3.24. The zero-order chi connectivity index (χ0) is 15.8. The molecule has 0 bridgehead atoms. The van der Waals surface area contributed by atoms with Gasteiger partial charge in [-0.1, -0.05) is 38.5 Å². The Labute approximate surface area is 124 Å². The molecule has 1 heterocycles. The summed E-state index contributed by atoms with van der Waals surface area (Å²) < 4.78 is 6.86. The summed E-state index contributed by atoms with van der Waals surface area (Å²) in [5.74, 6) is -0.786. The second-order valence-electron chi connectivity index (χ2n) is 6.04. The summed E-state index contributed by atoms with van der Waals surface area (Å²) in [5, 5.41) is 14.0. The van der Waals surface area contributed by atoms with Crippen molar-refractivity contribution in [3.63, 3.8) is 0 Å². The molecular formula is C16H20N2O3. The standard InChI is InChI=1S/C16H20N2O3/c1-10-6-8-11(9-7-10)18-14(21-5)12(15(19)20)13(17-18)16(2,3)4/h6-9H,1-5H3,(H,19,20). The SMILES string of the molecule is COc1c(C(=O)O)c(C(C)(C)C)nn1-c1ccc(C)cc1. The first-order valence-electron chi connectivity index (χ1n) is 6.73. The van der Waals surface area contributed by atoms with E-state index in [0.29, 0.717) is 5.69 Å². The number of ether oxygens (including phenoxy) is 1. The van der Waals surface area contributed by atoms with Gasteiger partial charge in [0.2, 0.25) is 5.88 Å². The van der Waals surface area contributed by atoms with Gasteiger partial charge in [-0.15, -0.1) is 0 Å². The molecule has 5 nitrogen and oxygen atoms in total. The minimum Gasteiger partial charge on any atom is -0.480 e. The number of hydrogen-bond donors (Lipinski definition) is 1. The number of benzene rings is 1. The van der Waals surface area contributed by atoms with E-state index in [-0.39, 0.29) is 11.4 Å². The number of nitrogens with zero attached hydrogens (tertiary/aromatic N) is 2. The number of hydrogen-bond acceptors (Lipinski definition) is 3. The van der Waals surface area contributed by atoms with Crippen molar-refractivity contribution in [1.29, 1.82) is 0 Å². The molecule has 0 aliphatic heterocycles. The largest absolute Gasteiger partial charge is 0.480 e. The van der Waals surface area contributed by atoms with Crippen molar-refractivity contribution in [2.75, 3.05) is 7.11 Å². The van der Waals surface area contributed by atoms with Crippen molar-refractivity contribution in [2.45, 2.75) is 33.1 Å². The third kappa shape index (κ3) is 2.77. The summed E-state index contributed by atoms with van der Waals surface area (Å²) in [6, 6.07) is 7.69. The highest BCUT2D eigenvalue weighted by atomic mass is 16.5. The van der Waals surface area contributed by atoms with Gasteiger partial charge in [-0.3, -0.25) is 0 Å². The maximum atomic E-state index is 11.6. The molecule has 112 valence electrons. The highest BCUT2D eigenvalue weighted by Gasteiger charge is 2.31. The molecule has 0 fully saturated rings. The number of carbonyl (C=O) groups is 1. The lowest BCUT2D eigenvalue weighted by atomic mass is 9.89. The van der Waals surface area contributed by atoms with Crippen LogP contribution in [0.3, 0.4) is 0 Å². The third-order valence-corrected chi connectivity index (χ3v) is 3.24. The first kappa shape index (κ1) is 15.1. The Kier molecular flexibility index (Phi) is 3.77. The monoisotopic (exact) mass is 288 g/mol. The predicted octanol–water partition coefficient (Wildman–Crippen LogP) is 3.19. The fraction of sp³-hybridized carbons (Fsp3) is 0.375. The molecule has 5 heteroatoms. The molecule has 2 aromatic rings. The lowest BCUT2D eigenvalue weighted by Gasteiger charge is -2.15. The van der Waals surface area contributed by atoms with Gasteiger partial charge in [0.15, 0.2) is 0 Å². The molecule has 0 atom stereocenters. The molecule has 0 amide bonds. The van der Waals surface area contributed by atoms with Crippen molar-refractivity contribution in [3.05, 3.63) is 41.1 Å². The van der Waals surface area contributed by atoms with Gasteiger partial charge in [0, 0.05) is 5.41 Å². The molecule has 0 aliphatic carbocycles. The number of rotatable bonds is 3. The van der Waals surface area contributed by atoms with Crippen molar-refractivity contribution in [3.8, 4) is 11.6 Å². The van der Waals surface area contributed by atoms with E-state index in [1.807, 2.05) is 52.0 Å². The normalized spacial score (nSPS) is 11.5. The predicted molar refractivity (Wildman–Crippen MR) is 80.5 cm³/mol. The smallest absolute Gasteiger partial charge is 0.343 e. The average Bonchev–Trinajstić information content (AvgIpc) is 2.79. The minimum absolute atomic E-state index is 0.116. The Morgan fingerprint density at radius 3 is 2.24 bits per heavy atom. The van der Waals surface area contributed by atoms with E-state index in [2.05, 4.69) is 5.10 Å². The second-order valence-corrected chi connectivity index (χ2v) is 6.04. The molecule has 0 saturated heterocycles. The van der Waals surface area contributed by atoms with Crippen molar-refractivity contribution < 1.29 is 14.6 Å². The van der Waals surface area contributed by atoms with Crippen LogP contribution in [0.2, 0.25) is 0 Å². The molecule has 21 heavy (non-hydrogen) atoms. The zero-order valence-electron chi connectivity index (χ0n) is 13.0. The summed E-state index contributed by atoms with van der Waals surface area (Å²) in [4.78, 5) is 11.6. The van der Waals surface area contributed by atoms with Crippen LogP contribution in [0.4, 0.5) is 0 Å². The molecule has 0 unspecified atom stereocenters. The first-order chi connectivity index (χ1) is 9.75.